The molecule has 0 bridgehead atoms. The summed E-state index contributed by atoms with van der Waals surface area (Å²) in [5, 5.41) is 0. The summed E-state index contributed by atoms with van der Waals surface area (Å²) in [5.41, 5.74) is 5.39. The molecular formula is C16H15BrN2OS. The number of nitrogens with one attached hydrogen (secondary N) is 1. The molecule has 0 aliphatic heterocycles. The Bertz CT molecular complexity index is 872. The SMILES string of the molecule is COc1cccc2c1[nH]c(=S)n2-c1c(C)cc(Br)cc1C. The van der Waals surface area contributed by atoms with Crippen LogP contribution in [0.5, 0.6) is 5.75 Å². The summed E-state index contributed by atoms with van der Waals surface area (Å²) in [4.78, 5) is 3.26. The fraction of sp³-hybridized carbons (Fsp3) is 0.188. The molecule has 0 aliphatic rings. The number of benzene rings is 2. The molecule has 0 aliphatic carbocycles. The number of para-hydroxylation sites is 1. The summed E-state index contributed by atoms with van der Waals surface area (Å²) < 4.78 is 9.23. The summed E-state index contributed by atoms with van der Waals surface area (Å²) in [6.45, 7) is 4.18. The lowest BCUT2D eigenvalue weighted by Gasteiger charge is -2.13. The van der Waals surface area contributed by atoms with Crippen molar-refractivity contribution in [2.75, 3.05) is 7.11 Å². The van der Waals surface area contributed by atoms with Crippen molar-refractivity contribution >= 4 is 39.2 Å². The van der Waals surface area contributed by atoms with E-state index < -0.39 is 0 Å². The molecule has 5 heteroatoms. The Labute approximate surface area is 136 Å². The number of aromatic nitrogens is 2. The predicted molar refractivity (Wildman–Crippen MR) is 92.2 cm³/mol. The highest BCUT2D eigenvalue weighted by atomic mass is 79.9. The Morgan fingerprint density at radius 2 is 1.86 bits per heavy atom. The van der Waals surface area contributed by atoms with Crippen LogP contribution in [0.25, 0.3) is 16.7 Å². The molecule has 0 spiro atoms. The molecule has 0 atom stereocenters. The quantitative estimate of drug-likeness (QED) is 0.644. The topological polar surface area (TPSA) is 29.9 Å². The first-order valence-electron chi connectivity index (χ1n) is 6.58. The van der Waals surface area contributed by atoms with Crippen LogP contribution < -0.4 is 4.74 Å². The number of aromatic amines is 1. The zero-order valence-electron chi connectivity index (χ0n) is 12.0. The molecule has 1 aromatic heterocycles. The van der Waals surface area contributed by atoms with Gasteiger partial charge >= 0.3 is 0 Å². The predicted octanol–water partition coefficient (Wildman–Crippen LogP) is 5.08. The van der Waals surface area contributed by atoms with Crippen molar-refractivity contribution in [3.63, 3.8) is 0 Å². The maximum Gasteiger partial charge on any atom is 0.182 e. The van der Waals surface area contributed by atoms with Crippen LogP contribution in [0.2, 0.25) is 0 Å². The third-order valence-corrected chi connectivity index (χ3v) is 4.32. The number of halogens is 1. The lowest BCUT2D eigenvalue weighted by atomic mass is 10.1. The van der Waals surface area contributed by atoms with E-state index in [2.05, 4.69) is 51.5 Å². The highest BCUT2D eigenvalue weighted by molar-refractivity contribution is 9.10. The van der Waals surface area contributed by atoms with Crippen molar-refractivity contribution in [2.45, 2.75) is 13.8 Å². The van der Waals surface area contributed by atoms with Crippen molar-refractivity contribution in [2.24, 2.45) is 0 Å². The second-order valence-electron chi connectivity index (χ2n) is 5.01. The zero-order chi connectivity index (χ0) is 15.1. The molecule has 0 saturated carbocycles. The van der Waals surface area contributed by atoms with Gasteiger partial charge in [0.25, 0.3) is 0 Å². The maximum atomic E-state index is 5.53. The van der Waals surface area contributed by atoms with Gasteiger partial charge in [-0.3, -0.25) is 4.57 Å². The molecule has 0 fully saturated rings. The number of imidazole rings is 1. The molecule has 1 heterocycles. The van der Waals surface area contributed by atoms with E-state index in [1.54, 1.807) is 7.11 Å². The van der Waals surface area contributed by atoms with E-state index >= 15 is 0 Å². The van der Waals surface area contributed by atoms with Gasteiger partial charge in [-0.05, 0) is 61.5 Å². The van der Waals surface area contributed by atoms with E-state index in [1.807, 2.05) is 18.2 Å². The largest absolute Gasteiger partial charge is 0.494 e. The number of rotatable bonds is 2. The van der Waals surface area contributed by atoms with Crippen LogP contribution in [0.4, 0.5) is 0 Å². The molecule has 21 heavy (non-hydrogen) atoms. The minimum Gasteiger partial charge on any atom is -0.494 e. The van der Waals surface area contributed by atoms with Crippen molar-refractivity contribution in [1.29, 1.82) is 0 Å². The number of hydrogen-bond acceptors (Lipinski definition) is 2. The van der Waals surface area contributed by atoms with E-state index in [4.69, 9.17) is 17.0 Å². The Morgan fingerprint density at radius 3 is 2.48 bits per heavy atom. The van der Waals surface area contributed by atoms with Gasteiger partial charge in [0, 0.05) is 4.47 Å². The van der Waals surface area contributed by atoms with Crippen molar-refractivity contribution in [3.05, 3.63) is 50.7 Å². The van der Waals surface area contributed by atoms with Gasteiger partial charge in [-0.15, -0.1) is 0 Å². The van der Waals surface area contributed by atoms with Gasteiger partial charge in [0.2, 0.25) is 0 Å². The third kappa shape index (κ3) is 2.30. The Hall–Kier alpha value is -1.59. The standard InChI is InChI=1S/C16H15BrN2OS/c1-9-7-11(17)8-10(2)15(9)19-12-5-4-6-13(20-3)14(12)18-16(19)21/h4-8H,1-3H3,(H,18,21). The molecule has 3 rings (SSSR count). The second kappa shape index (κ2) is 5.31. The summed E-state index contributed by atoms with van der Waals surface area (Å²) in [6.07, 6.45) is 0. The monoisotopic (exact) mass is 362 g/mol. The Morgan fingerprint density at radius 1 is 1.19 bits per heavy atom. The first-order valence-corrected chi connectivity index (χ1v) is 7.78. The van der Waals surface area contributed by atoms with Gasteiger partial charge in [0.15, 0.2) is 4.77 Å². The molecular weight excluding hydrogens is 348 g/mol. The second-order valence-corrected chi connectivity index (χ2v) is 6.31. The number of ether oxygens (including phenoxy) is 1. The number of hydrogen-bond donors (Lipinski definition) is 1. The summed E-state index contributed by atoms with van der Waals surface area (Å²) in [7, 11) is 1.67. The fourth-order valence-electron chi connectivity index (χ4n) is 2.75. The maximum absolute atomic E-state index is 5.53. The highest BCUT2D eigenvalue weighted by Crippen LogP contribution is 2.31. The van der Waals surface area contributed by atoms with Gasteiger partial charge < -0.3 is 9.72 Å². The third-order valence-electron chi connectivity index (χ3n) is 3.58. The summed E-state index contributed by atoms with van der Waals surface area (Å²) in [6, 6.07) is 10.2. The van der Waals surface area contributed by atoms with Crippen LogP contribution in [-0.4, -0.2) is 16.7 Å². The lowest BCUT2D eigenvalue weighted by molar-refractivity contribution is 0.419. The lowest BCUT2D eigenvalue weighted by Crippen LogP contribution is -2.00. The number of nitrogens with zero attached hydrogens (tertiary/aromatic N) is 1. The van der Waals surface area contributed by atoms with Crippen molar-refractivity contribution in [1.82, 2.24) is 9.55 Å². The van der Waals surface area contributed by atoms with E-state index in [-0.39, 0.29) is 0 Å². The molecule has 0 saturated heterocycles. The number of H-pyrrole nitrogens is 1. The van der Waals surface area contributed by atoms with E-state index in [9.17, 15) is 0 Å². The molecule has 3 aromatic rings. The average Bonchev–Trinajstić information content (AvgIpc) is 2.74. The van der Waals surface area contributed by atoms with Crippen molar-refractivity contribution < 1.29 is 4.74 Å². The summed E-state index contributed by atoms with van der Waals surface area (Å²) >= 11 is 9.07. The average molecular weight is 363 g/mol. The van der Waals surface area contributed by atoms with Crippen LogP contribution in [0.1, 0.15) is 11.1 Å². The van der Waals surface area contributed by atoms with E-state index in [1.165, 1.54) is 11.1 Å². The molecule has 0 radical (unpaired) electrons. The molecule has 0 amide bonds. The van der Waals surface area contributed by atoms with Gasteiger partial charge in [-0.2, -0.15) is 0 Å². The zero-order valence-corrected chi connectivity index (χ0v) is 14.4. The highest BCUT2D eigenvalue weighted by Gasteiger charge is 2.14. The smallest absolute Gasteiger partial charge is 0.182 e. The van der Waals surface area contributed by atoms with E-state index in [0.717, 1.165) is 26.9 Å². The van der Waals surface area contributed by atoms with Crippen LogP contribution in [-0.2, 0) is 0 Å². The number of aryl methyl sites for hydroxylation is 2. The van der Waals surface area contributed by atoms with Gasteiger partial charge in [-0.25, -0.2) is 0 Å². The van der Waals surface area contributed by atoms with E-state index in [0.29, 0.717) is 4.77 Å². The van der Waals surface area contributed by atoms with Crippen LogP contribution >= 0.6 is 28.1 Å². The van der Waals surface area contributed by atoms with Crippen LogP contribution in [0, 0.1) is 18.6 Å². The van der Waals surface area contributed by atoms with Crippen LogP contribution in [0.15, 0.2) is 34.8 Å². The molecule has 1 N–H and O–H groups in total. The molecule has 0 unspecified atom stereocenters. The number of methoxy groups -OCH3 is 1. The molecule has 2 aromatic carbocycles. The van der Waals surface area contributed by atoms with Gasteiger partial charge in [-0.1, -0.05) is 22.0 Å². The summed E-state index contributed by atoms with van der Waals surface area (Å²) in [5.74, 6) is 0.796. The number of fused-ring (bicyclic) bond motifs is 1. The van der Waals surface area contributed by atoms with Crippen molar-refractivity contribution in [3.8, 4) is 11.4 Å². The minimum absolute atomic E-state index is 0.669. The molecule has 3 nitrogen and oxygen atoms in total. The minimum atomic E-state index is 0.669. The molecule has 108 valence electrons. The fourth-order valence-corrected chi connectivity index (χ4v) is 3.73. The normalized spacial score (nSPS) is 11.0. The Kier molecular flexibility index (Phi) is 3.63. The van der Waals surface area contributed by atoms with Gasteiger partial charge in [0.05, 0.1) is 18.3 Å². The first kappa shape index (κ1) is 14.4. The van der Waals surface area contributed by atoms with Crippen LogP contribution in [0.3, 0.4) is 0 Å². The van der Waals surface area contributed by atoms with Gasteiger partial charge in [0.1, 0.15) is 11.3 Å². The first-order chi connectivity index (χ1) is 10.0. The Balaban J connectivity index is 2.42.